The molecule has 162 valence electrons. The van der Waals surface area contributed by atoms with Crippen LogP contribution in [0.3, 0.4) is 0 Å². The molecule has 0 spiro atoms. The van der Waals surface area contributed by atoms with E-state index >= 15 is 0 Å². The summed E-state index contributed by atoms with van der Waals surface area (Å²) < 4.78 is 14.5. The fourth-order valence-electron chi connectivity index (χ4n) is 3.96. The molecule has 0 aliphatic rings. The molecule has 0 bridgehead atoms. The molecule has 2 aromatic carbocycles. The lowest BCUT2D eigenvalue weighted by Crippen LogP contribution is -2.23. The number of nitrogens with zero attached hydrogens (tertiary/aromatic N) is 5. The Morgan fingerprint density at radius 3 is 2.44 bits per heavy atom. The molecule has 5 rings (SSSR count). The smallest absolute Gasteiger partial charge is 0.265 e. The molecule has 0 aliphatic carbocycles. The number of aromatic nitrogens is 5. The largest absolute Gasteiger partial charge is 0.497 e. The van der Waals surface area contributed by atoms with E-state index in [1.807, 2.05) is 54.8 Å². The van der Waals surface area contributed by atoms with Gasteiger partial charge in [-0.15, -0.1) is 0 Å². The summed E-state index contributed by atoms with van der Waals surface area (Å²) in [6.07, 6.45) is 2.41. The van der Waals surface area contributed by atoms with Crippen molar-refractivity contribution in [2.75, 3.05) is 14.2 Å². The summed E-state index contributed by atoms with van der Waals surface area (Å²) in [6.45, 7) is 4.04. The van der Waals surface area contributed by atoms with Gasteiger partial charge in [0.2, 0.25) is 0 Å². The highest BCUT2D eigenvalue weighted by atomic mass is 16.5. The third-order valence-corrected chi connectivity index (χ3v) is 5.88. The molecule has 0 unspecified atom stereocenters. The van der Waals surface area contributed by atoms with Gasteiger partial charge >= 0.3 is 0 Å². The van der Waals surface area contributed by atoms with Gasteiger partial charge in [0.05, 0.1) is 30.9 Å². The Kier molecular flexibility index (Phi) is 4.77. The van der Waals surface area contributed by atoms with Crippen molar-refractivity contribution >= 4 is 33.2 Å². The lowest BCUT2D eigenvalue weighted by atomic mass is 10.2. The van der Waals surface area contributed by atoms with Gasteiger partial charge in [-0.3, -0.25) is 13.9 Å². The lowest BCUT2D eigenvalue weighted by molar-refractivity contribution is 0.393. The normalized spacial score (nSPS) is 12.5. The molecule has 0 saturated heterocycles. The van der Waals surface area contributed by atoms with E-state index in [0.29, 0.717) is 39.4 Å². The maximum atomic E-state index is 13.6. The van der Waals surface area contributed by atoms with Gasteiger partial charge in [-0.1, -0.05) is 19.1 Å². The second-order valence-corrected chi connectivity index (χ2v) is 7.67. The Morgan fingerprint density at radius 2 is 1.75 bits per heavy atom. The Labute approximate surface area is 184 Å². The van der Waals surface area contributed by atoms with Gasteiger partial charge in [0.15, 0.2) is 11.3 Å². The molecule has 8 nitrogen and oxygen atoms in total. The van der Waals surface area contributed by atoms with E-state index < -0.39 is 0 Å². The van der Waals surface area contributed by atoms with Crippen molar-refractivity contribution < 1.29 is 9.47 Å². The maximum Gasteiger partial charge on any atom is 0.265 e. The van der Waals surface area contributed by atoms with Gasteiger partial charge in [-0.05, 0) is 37.6 Å². The molecular formula is C24H23N5O3. The maximum absolute atomic E-state index is 13.6. The van der Waals surface area contributed by atoms with Gasteiger partial charge in [0.25, 0.3) is 5.56 Å². The number of rotatable bonds is 5. The van der Waals surface area contributed by atoms with E-state index in [9.17, 15) is 4.79 Å². The second kappa shape index (κ2) is 7.64. The zero-order valence-corrected chi connectivity index (χ0v) is 18.4. The van der Waals surface area contributed by atoms with E-state index in [-0.39, 0.29) is 11.6 Å². The van der Waals surface area contributed by atoms with Crippen LogP contribution in [-0.2, 0) is 0 Å². The average Bonchev–Trinajstić information content (AvgIpc) is 3.15. The molecule has 1 atom stereocenters. The summed E-state index contributed by atoms with van der Waals surface area (Å²) in [4.78, 5) is 28.0. The molecule has 0 saturated carbocycles. The molecular weight excluding hydrogens is 406 g/mol. The van der Waals surface area contributed by atoms with Crippen molar-refractivity contribution in [1.29, 1.82) is 0 Å². The van der Waals surface area contributed by atoms with Crippen LogP contribution in [0.2, 0.25) is 0 Å². The molecule has 0 radical (unpaired) electrons. The van der Waals surface area contributed by atoms with Gasteiger partial charge < -0.3 is 9.47 Å². The van der Waals surface area contributed by atoms with Crippen LogP contribution in [0.25, 0.3) is 38.9 Å². The second-order valence-electron chi connectivity index (χ2n) is 7.67. The first-order valence-corrected chi connectivity index (χ1v) is 10.5. The molecule has 3 aromatic heterocycles. The van der Waals surface area contributed by atoms with E-state index in [4.69, 9.17) is 24.4 Å². The molecule has 0 amide bonds. The predicted octanol–water partition coefficient (Wildman–Crippen LogP) is 4.27. The quantitative estimate of drug-likeness (QED) is 0.415. The number of ether oxygens (including phenoxy) is 2. The summed E-state index contributed by atoms with van der Waals surface area (Å²) in [7, 11) is 3.20. The highest BCUT2D eigenvalue weighted by molar-refractivity contribution is 6.06. The van der Waals surface area contributed by atoms with E-state index in [0.717, 1.165) is 17.5 Å². The minimum Gasteiger partial charge on any atom is -0.497 e. The fraction of sp³-hybridized carbons (Fsp3) is 0.250. The van der Waals surface area contributed by atoms with Crippen LogP contribution in [0.1, 0.15) is 26.3 Å². The van der Waals surface area contributed by atoms with Crippen LogP contribution in [0.4, 0.5) is 0 Å². The predicted molar refractivity (Wildman–Crippen MR) is 124 cm³/mol. The Balaban J connectivity index is 1.97. The van der Waals surface area contributed by atoms with Crippen molar-refractivity contribution in [3.63, 3.8) is 0 Å². The molecule has 8 heteroatoms. The first kappa shape index (κ1) is 20.0. The molecule has 32 heavy (non-hydrogen) atoms. The highest BCUT2D eigenvalue weighted by Crippen LogP contribution is 2.34. The first-order chi connectivity index (χ1) is 15.6. The summed E-state index contributed by atoms with van der Waals surface area (Å²) in [5.41, 5.74) is 3.58. The highest BCUT2D eigenvalue weighted by Gasteiger charge is 2.23. The number of fused-ring (bicyclic) bond motifs is 4. The van der Waals surface area contributed by atoms with Crippen LogP contribution in [0.15, 0.2) is 53.6 Å². The molecule has 0 aliphatic heterocycles. The molecule has 0 N–H and O–H groups in total. The van der Waals surface area contributed by atoms with Crippen LogP contribution in [-0.4, -0.2) is 38.3 Å². The SMILES string of the molecule is CC[C@H](C)n1cnc2c(c1=O)c1nc3ccccc3nc1n2-c1ccc(OC)cc1OC. The lowest BCUT2D eigenvalue weighted by Gasteiger charge is -2.14. The van der Waals surface area contributed by atoms with Crippen molar-refractivity contribution in [2.24, 2.45) is 0 Å². The average molecular weight is 429 g/mol. The Bertz CT molecular complexity index is 1540. The van der Waals surface area contributed by atoms with Crippen molar-refractivity contribution in [2.45, 2.75) is 26.3 Å². The number of benzene rings is 2. The van der Waals surface area contributed by atoms with Crippen LogP contribution in [0, 0.1) is 0 Å². The van der Waals surface area contributed by atoms with Gasteiger partial charge in [0.1, 0.15) is 28.7 Å². The summed E-state index contributed by atoms with van der Waals surface area (Å²) in [6, 6.07) is 13.1. The van der Waals surface area contributed by atoms with Crippen LogP contribution in [0.5, 0.6) is 11.5 Å². The Morgan fingerprint density at radius 1 is 1.00 bits per heavy atom. The number of methoxy groups -OCH3 is 2. The van der Waals surface area contributed by atoms with Crippen molar-refractivity contribution in [3.05, 3.63) is 59.1 Å². The van der Waals surface area contributed by atoms with E-state index in [1.165, 1.54) is 0 Å². The van der Waals surface area contributed by atoms with E-state index in [1.54, 1.807) is 31.2 Å². The number of para-hydroxylation sites is 2. The molecule has 5 aromatic rings. The van der Waals surface area contributed by atoms with Gasteiger partial charge in [0, 0.05) is 12.1 Å². The Hall–Kier alpha value is -3.94. The molecule has 0 fully saturated rings. The minimum atomic E-state index is -0.134. The first-order valence-electron chi connectivity index (χ1n) is 10.5. The van der Waals surface area contributed by atoms with Crippen LogP contribution < -0.4 is 15.0 Å². The minimum absolute atomic E-state index is 0.0155. The zero-order chi connectivity index (χ0) is 22.4. The number of hydrogen-bond donors (Lipinski definition) is 0. The third-order valence-electron chi connectivity index (χ3n) is 5.88. The summed E-state index contributed by atoms with van der Waals surface area (Å²) in [5, 5.41) is 0.443. The third kappa shape index (κ3) is 2.90. The van der Waals surface area contributed by atoms with Crippen molar-refractivity contribution in [3.8, 4) is 17.2 Å². The fourth-order valence-corrected chi connectivity index (χ4v) is 3.96. The van der Waals surface area contributed by atoms with E-state index in [2.05, 4.69) is 0 Å². The topological polar surface area (TPSA) is 84.1 Å². The van der Waals surface area contributed by atoms with Gasteiger partial charge in [-0.2, -0.15) is 0 Å². The zero-order valence-electron chi connectivity index (χ0n) is 18.4. The van der Waals surface area contributed by atoms with Crippen LogP contribution >= 0.6 is 0 Å². The van der Waals surface area contributed by atoms with Gasteiger partial charge in [-0.25, -0.2) is 15.0 Å². The standard InChI is InChI=1S/C24H23N5O3/c1-5-14(2)28-13-25-22-20(24(28)30)21-23(27-17-9-7-6-8-16(17)26-21)29(22)18-11-10-15(31-3)12-19(18)32-4/h6-14H,5H2,1-4H3/t14-/m0/s1. The number of hydrogen-bond acceptors (Lipinski definition) is 6. The van der Waals surface area contributed by atoms with Crippen molar-refractivity contribution in [1.82, 2.24) is 24.1 Å². The summed E-state index contributed by atoms with van der Waals surface area (Å²) in [5.74, 6) is 1.24. The molecule has 3 heterocycles. The summed E-state index contributed by atoms with van der Waals surface area (Å²) >= 11 is 0. The monoisotopic (exact) mass is 429 g/mol.